The smallest absolute Gasteiger partial charge is 0.303 e. The van der Waals surface area contributed by atoms with E-state index in [9.17, 15) is 9.90 Å². The van der Waals surface area contributed by atoms with E-state index in [1.807, 2.05) is 6.92 Å². The van der Waals surface area contributed by atoms with Gasteiger partial charge < -0.3 is 15.5 Å². The van der Waals surface area contributed by atoms with Crippen LogP contribution in [0.25, 0.3) is 0 Å². The van der Waals surface area contributed by atoms with Gasteiger partial charge >= 0.3 is 5.97 Å². The molecule has 0 radical (unpaired) electrons. The quantitative estimate of drug-likeness (QED) is 0.564. The Bertz CT molecular complexity index is 192. The Morgan fingerprint density at radius 2 is 2.21 bits per heavy atom. The molecule has 0 spiro atoms. The van der Waals surface area contributed by atoms with E-state index in [1.165, 1.54) is 0 Å². The lowest BCUT2D eigenvalue weighted by Crippen LogP contribution is -2.35. The van der Waals surface area contributed by atoms with Gasteiger partial charge in [-0.25, -0.2) is 0 Å². The molecule has 82 valence electrons. The highest BCUT2D eigenvalue weighted by atomic mass is 16.4. The average molecular weight is 201 g/mol. The molecule has 3 N–H and O–H groups in total. The van der Waals surface area contributed by atoms with Gasteiger partial charge in [0.25, 0.3) is 0 Å². The molecule has 1 aliphatic rings. The molecule has 1 aliphatic carbocycles. The van der Waals surface area contributed by atoms with Gasteiger partial charge in [-0.05, 0) is 32.1 Å². The standard InChI is InChI=1S/C10H19NO3/c1-7(2-5-10(13)14)11-6-9(12)8-3-4-8/h7-9,11-12H,2-6H2,1H3,(H,13,14). The number of nitrogens with one attached hydrogen (secondary N) is 1. The van der Waals surface area contributed by atoms with E-state index >= 15 is 0 Å². The summed E-state index contributed by atoms with van der Waals surface area (Å²) in [5.41, 5.74) is 0. The van der Waals surface area contributed by atoms with Crippen LogP contribution in [-0.4, -0.2) is 34.9 Å². The maximum atomic E-state index is 10.3. The van der Waals surface area contributed by atoms with Crippen molar-refractivity contribution in [3.05, 3.63) is 0 Å². The van der Waals surface area contributed by atoms with Crippen LogP contribution in [0, 0.1) is 5.92 Å². The molecular formula is C10H19NO3. The molecule has 14 heavy (non-hydrogen) atoms. The first kappa shape index (κ1) is 11.5. The predicted molar refractivity (Wildman–Crippen MR) is 53.1 cm³/mol. The van der Waals surface area contributed by atoms with Crippen molar-refractivity contribution in [2.45, 2.75) is 44.8 Å². The molecule has 0 heterocycles. The molecule has 1 rings (SSSR count). The lowest BCUT2D eigenvalue weighted by molar-refractivity contribution is -0.137. The minimum absolute atomic E-state index is 0.166. The second-order valence-electron chi connectivity index (χ2n) is 4.15. The summed E-state index contributed by atoms with van der Waals surface area (Å²) in [6.45, 7) is 2.54. The largest absolute Gasteiger partial charge is 0.481 e. The number of carbonyl (C=O) groups is 1. The van der Waals surface area contributed by atoms with Crippen LogP contribution in [0.3, 0.4) is 0 Å². The van der Waals surface area contributed by atoms with Crippen LogP contribution < -0.4 is 5.32 Å². The number of aliphatic carboxylic acids is 1. The molecule has 0 aromatic rings. The lowest BCUT2D eigenvalue weighted by Gasteiger charge is -2.15. The van der Waals surface area contributed by atoms with Gasteiger partial charge in [0.1, 0.15) is 0 Å². The van der Waals surface area contributed by atoms with Crippen LogP contribution >= 0.6 is 0 Å². The van der Waals surface area contributed by atoms with E-state index in [4.69, 9.17) is 5.11 Å². The van der Waals surface area contributed by atoms with Gasteiger partial charge in [0.15, 0.2) is 0 Å². The highest BCUT2D eigenvalue weighted by Crippen LogP contribution is 2.32. The van der Waals surface area contributed by atoms with Crippen LogP contribution in [0.15, 0.2) is 0 Å². The molecule has 4 nitrogen and oxygen atoms in total. The molecule has 0 amide bonds. The Hall–Kier alpha value is -0.610. The molecule has 0 aromatic heterocycles. The Morgan fingerprint density at radius 1 is 1.57 bits per heavy atom. The maximum Gasteiger partial charge on any atom is 0.303 e. The number of hydrogen-bond acceptors (Lipinski definition) is 3. The molecule has 1 saturated carbocycles. The van der Waals surface area contributed by atoms with Gasteiger partial charge in [-0.3, -0.25) is 4.79 Å². The Morgan fingerprint density at radius 3 is 2.71 bits per heavy atom. The van der Waals surface area contributed by atoms with Crippen LogP contribution in [0.2, 0.25) is 0 Å². The third kappa shape index (κ3) is 4.58. The molecule has 2 unspecified atom stereocenters. The molecule has 1 fully saturated rings. The number of hydrogen-bond donors (Lipinski definition) is 3. The SMILES string of the molecule is CC(CCC(=O)O)NCC(O)C1CC1. The fourth-order valence-corrected chi connectivity index (χ4v) is 1.41. The summed E-state index contributed by atoms with van der Waals surface area (Å²) in [4.78, 5) is 10.3. The molecule has 0 aromatic carbocycles. The first-order valence-electron chi connectivity index (χ1n) is 5.23. The van der Waals surface area contributed by atoms with Crippen molar-refractivity contribution in [3.63, 3.8) is 0 Å². The maximum absolute atomic E-state index is 10.3. The van der Waals surface area contributed by atoms with Crippen LogP contribution in [0.5, 0.6) is 0 Å². The molecule has 0 bridgehead atoms. The van der Waals surface area contributed by atoms with E-state index < -0.39 is 5.97 Å². The molecule has 2 atom stereocenters. The molecule has 0 aliphatic heterocycles. The summed E-state index contributed by atoms with van der Waals surface area (Å²) in [5, 5.41) is 21.1. The fraction of sp³-hybridized carbons (Fsp3) is 0.900. The zero-order valence-electron chi connectivity index (χ0n) is 8.57. The van der Waals surface area contributed by atoms with Crippen molar-refractivity contribution in [3.8, 4) is 0 Å². The summed E-state index contributed by atoms with van der Waals surface area (Å²) in [5.74, 6) is -0.282. The summed E-state index contributed by atoms with van der Waals surface area (Å²) < 4.78 is 0. The predicted octanol–water partition coefficient (Wildman–Crippen LogP) is 0.600. The first-order valence-corrected chi connectivity index (χ1v) is 5.23. The minimum Gasteiger partial charge on any atom is -0.481 e. The average Bonchev–Trinajstić information content (AvgIpc) is 2.93. The monoisotopic (exact) mass is 201 g/mol. The highest BCUT2D eigenvalue weighted by Gasteiger charge is 2.29. The first-order chi connectivity index (χ1) is 6.59. The van der Waals surface area contributed by atoms with E-state index in [2.05, 4.69) is 5.32 Å². The van der Waals surface area contributed by atoms with Gasteiger partial charge in [0, 0.05) is 19.0 Å². The highest BCUT2D eigenvalue weighted by molar-refractivity contribution is 5.66. The summed E-state index contributed by atoms with van der Waals surface area (Å²) >= 11 is 0. The van der Waals surface area contributed by atoms with E-state index in [0.717, 1.165) is 12.8 Å². The van der Waals surface area contributed by atoms with Gasteiger partial charge in [-0.2, -0.15) is 0 Å². The topological polar surface area (TPSA) is 69.6 Å². The fourth-order valence-electron chi connectivity index (χ4n) is 1.41. The van der Waals surface area contributed by atoms with Gasteiger partial charge in [0.05, 0.1) is 6.10 Å². The Kier molecular flexibility index (Phi) is 4.35. The Balaban J connectivity index is 2.01. The second kappa shape index (κ2) is 5.32. The summed E-state index contributed by atoms with van der Waals surface area (Å²) in [6, 6.07) is 0.166. The third-order valence-electron chi connectivity index (χ3n) is 2.63. The van der Waals surface area contributed by atoms with Crippen LogP contribution in [-0.2, 0) is 4.79 Å². The van der Waals surface area contributed by atoms with Crippen molar-refractivity contribution in [1.29, 1.82) is 0 Å². The van der Waals surface area contributed by atoms with Crippen LogP contribution in [0.4, 0.5) is 0 Å². The van der Waals surface area contributed by atoms with Crippen molar-refractivity contribution in [2.75, 3.05) is 6.54 Å². The van der Waals surface area contributed by atoms with E-state index in [0.29, 0.717) is 18.9 Å². The lowest BCUT2D eigenvalue weighted by atomic mass is 10.1. The van der Waals surface area contributed by atoms with Crippen molar-refractivity contribution in [2.24, 2.45) is 5.92 Å². The van der Waals surface area contributed by atoms with E-state index in [-0.39, 0.29) is 18.6 Å². The second-order valence-corrected chi connectivity index (χ2v) is 4.15. The number of carboxylic acids is 1. The van der Waals surface area contributed by atoms with E-state index in [1.54, 1.807) is 0 Å². The number of aliphatic hydroxyl groups excluding tert-OH is 1. The molecule has 4 heteroatoms. The van der Waals surface area contributed by atoms with Gasteiger partial charge in [-0.15, -0.1) is 0 Å². The zero-order chi connectivity index (χ0) is 10.6. The molecule has 0 saturated heterocycles. The van der Waals surface area contributed by atoms with Gasteiger partial charge in [0.2, 0.25) is 0 Å². The van der Waals surface area contributed by atoms with Crippen molar-refractivity contribution < 1.29 is 15.0 Å². The summed E-state index contributed by atoms with van der Waals surface area (Å²) in [6.07, 6.45) is 2.82. The Labute approximate surface area is 84.3 Å². The molecular weight excluding hydrogens is 182 g/mol. The minimum atomic E-state index is -0.763. The number of rotatable bonds is 7. The van der Waals surface area contributed by atoms with Crippen molar-refractivity contribution in [1.82, 2.24) is 5.32 Å². The van der Waals surface area contributed by atoms with Crippen molar-refractivity contribution >= 4 is 5.97 Å². The summed E-state index contributed by atoms with van der Waals surface area (Å²) in [7, 11) is 0. The van der Waals surface area contributed by atoms with Crippen LogP contribution in [0.1, 0.15) is 32.6 Å². The van der Waals surface area contributed by atoms with Gasteiger partial charge in [-0.1, -0.05) is 0 Å². The number of aliphatic hydroxyl groups is 1. The number of carboxylic acid groups (broad SMARTS) is 1. The normalized spacial score (nSPS) is 20.4. The third-order valence-corrected chi connectivity index (χ3v) is 2.63. The zero-order valence-corrected chi connectivity index (χ0v) is 8.57.